The molecule has 5 heteroatoms. The number of esters is 1. The van der Waals surface area contributed by atoms with Crippen molar-refractivity contribution in [1.29, 1.82) is 0 Å². The molecule has 3 rings (SSSR count). The second-order valence-electron chi connectivity index (χ2n) is 6.33. The molecule has 2 aromatic rings. The lowest BCUT2D eigenvalue weighted by Gasteiger charge is -2.22. The third-order valence-corrected chi connectivity index (χ3v) is 4.38. The van der Waals surface area contributed by atoms with Crippen LogP contribution in [0.3, 0.4) is 0 Å². The Hall–Kier alpha value is -2.56. The zero-order valence-corrected chi connectivity index (χ0v) is 14.0. The van der Waals surface area contributed by atoms with Crippen LogP contribution in [0.25, 0.3) is 0 Å². The van der Waals surface area contributed by atoms with E-state index in [-0.39, 0.29) is 24.5 Å². The topological polar surface area (TPSA) is 61.6 Å². The van der Waals surface area contributed by atoms with Crippen molar-refractivity contribution in [2.75, 3.05) is 5.73 Å². The van der Waals surface area contributed by atoms with E-state index in [2.05, 4.69) is 0 Å². The van der Waals surface area contributed by atoms with Gasteiger partial charge in [0.2, 0.25) is 0 Å². The Morgan fingerprint density at radius 1 is 1.08 bits per heavy atom. The van der Waals surface area contributed by atoms with Crippen LogP contribution < -0.4 is 10.5 Å². The summed E-state index contributed by atoms with van der Waals surface area (Å²) in [5.41, 5.74) is 7.61. The number of carbonyl (C=O) groups is 1. The molecule has 4 nitrogen and oxygen atoms in total. The van der Waals surface area contributed by atoms with E-state index in [1.54, 1.807) is 30.3 Å². The van der Waals surface area contributed by atoms with Gasteiger partial charge in [-0.1, -0.05) is 18.6 Å². The molecule has 0 aliphatic heterocycles. The van der Waals surface area contributed by atoms with Gasteiger partial charge in [0, 0.05) is 0 Å². The summed E-state index contributed by atoms with van der Waals surface area (Å²) < 4.78 is 24.2. The van der Waals surface area contributed by atoms with Gasteiger partial charge in [-0.25, -0.2) is 9.18 Å². The number of nitrogens with two attached hydrogens (primary N) is 1. The molecule has 0 saturated heterocycles. The molecule has 25 heavy (non-hydrogen) atoms. The number of hydrogen-bond donors (Lipinski definition) is 1. The second-order valence-corrected chi connectivity index (χ2v) is 6.33. The third-order valence-electron chi connectivity index (χ3n) is 4.38. The van der Waals surface area contributed by atoms with Crippen molar-refractivity contribution in [1.82, 2.24) is 0 Å². The van der Waals surface area contributed by atoms with Crippen molar-refractivity contribution in [2.45, 2.75) is 44.8 Å². The minimum Gasteiger partial charge on any atom is -0.487 e. The van der Waals surface area contributed by atoms with E-state index in [1.807, 2.05) is 0 Å². The van der Waals surface area contributed by atoms with Crippen LogP contribution in [-0.2, 0) is 11.3 Å². The molecule has 2 aromatic carbocycles. The number of nitrogen functional groups attached to an aromatic ring is 1. The van der Waals surface area contributed by atoms with Crippen LogP contribution in [0.4, 0.5) is 10.1 Å². The smallest absolute Gasteiger partial charge is 0.338 e. The average Bonchev–Trinajstić information content (AvgIpc) is 2.63. The summed E-state index contributed by atoms with van der Waals surface area (Å²) in [6.45, 7) is 0.242. The maximum Gasteiger partial charge on any atom is 0.338 e. The Bertz CT molecular complexity index is 724. The molecule has 0 unspecified atom stereocenters. The number of rotatable bonds is 5. The molecule has 0 heterocycles. The molecular formula is C20H22FNO3. The van der Waals surface area contributed by atoms with E-state index >= 15 is 0 Å². The summed E-state index contributed by atoms with van der Waals surface area (Å²) in [5, 5.41) is 0. The first-order valence-corrected chi connectivity index (χ1v) is 8.59. The van der Waals surface area contributed by atoms with Crippen LogP contribution in [0.2, 0.25) is 0 Å². The highest BCUT2D eigenvalue weighted by atomic mass is 19.1. The second kappa shape index (κ2) is 8.01. The van der Waals surface area contributed by atoms with Gasteiger partial charge in [-0.2, -0.15) is 0 Å². The van der Waals surface area contributed by atoms with Gasteiger partial charge in [-0.05, 0) is 61.6 Å². The van der Waals surface area contributed by atoms with Gasteiger partial charge in [0.15, 0.2) is 0 Å². The number of ether oxygens (including phenoxy) is 2. The van der Waals surface area contributed by atoms with Crippen molar-refractivity contribution in [2.24, 2.45) is 0 Å². The minimum absolute atomic E-state index is 0.00221. The summed E-state index contributed by atoms with van der Waals surface area (Å²) in [5.74, 6) is -0.225. The Balaban J connectivity index is 1.64. The molecule has 2 N–H and O–H groups in total. The monoisotopic (exact) mass is 343 g/mol. The standard InChI is InChI=1S/C20H22FNO3/c21-16-9-6-14(7-10-16)13-24-19-12-15(8-11-18(19)22)20(23)25-17-4-2-1-3-5-17/h6-12,17H,1-5,13,22H2. The summed E-state index contributed by atoms with van der Waals surface area (Å²) >= 11 is 0. The van der Waals surface area contributed by atoms with Crippen LogP contribution in [0.1, 0.15) is 48.0 Å². The SMILES string of the molecule is Nc1ccc(C(=O)OC2CCCCC2)cc1OCc1ccc(F)cc1. The summed E-state index contributed by atoms with van der Waals surface area (Å²) in [6.07, 6.45) is 5.26. The van der Waals surface area contributed by atoms with Gasteiger partial charge in [-0.3, -0.25) is 0 Å². The predicted octanol–water partition coefficient (Wildman–Crippen LogP) is 4.48. The molecule has 1 fully saturated rings. The summed E-state index contributed by atoms with van der Waals surface area (Å²) in [4.78, 5) is 12.3. The predicted molar refractivity (Wildman–Crippen MR) is 93.9 cm³/mol. The molecule has 0 amide bonds. The Kier molecular flexibility index (Phi) is 5.53. The van der Waals surface area contributed by atoms with Crippen LogP contribution in [-0.4, -0.2) is 12.1 Å². The van der Waals surface area contributed by atoms with E-state index in [9.17, 15) is 9.18 Å². The average molecular weight is 343 g/mol. The van der Waals surface area contributed by atoms with E-state index in [0.717, 1.165) is 31.2 Å². The van der Waals surface area contributed by atoms with E-state index < -0.39 is 0 Å². The molecule has 0 aromatic heterocycles. The van der Waals surface area contributed by atoms with Crippen LogP contribution in [0.5, 0.6) is 5.75 Å². The number of anilines is 1. The molecule has 1 saturated carbocycles. The van der Waals surface area contributed by atoms with Gasteiger partial charge in [0.05, 0.1) is 11.3 Å². The fraction of sp³-hybridized carbons (Fsp3) is 0.350. The van der Waals surface area contributed by atoms with Crippen molar-refractivity contribution < 1.29 is 18.7 Å². The quantitative estimate of drug-likeness (QED) is 0.642. The van der Waals surface area contributed by atoms with Gasteiger partial charge in [0.1, 0.15) is 24.3 Å². The molecule has 0 radical (unpaired) electrons. The fourth-order valence-electron chi connectivity index (χ4n) is 2.93. The Morgan fingerprint density at radius 2 is 1.80 bits per heavy atom. The highest BCUT2D eigenvalue weighted by Crippen LogP contribution is 2.26. The zero-order chi connectivity index (χ0) is 17.6. The first-order chi connectivity index (χ1) is 12.1. The number of halogens is 1. The first kappa shape index (κ1) is 17.3. The zero-order valence-electron chi connectivity index (χ0n) is 14.0. The van der Waals surface area contributed by atoms with Crippen LogP contribution >= 0.6 is 0 Å². The number of hydrogen-bond acceptors (Lipinski definition) is 4. The fourth-order valence-corrected chi connectivity index (χ4v) is 2.93. The lowest BCUT2D eigenvalue weighted by molar-refractivity contribution is 0.0211. The van der Waals surface area contributed by atoms with E-state index in [4.69, 9.17) is 15.2 Å². The van der Waals surface area contributed by atoms with Crippen LogP contribution in [0, 0.1) is 5.82 Å². The lowest BCUT2D eigenvalue weighted by Crippen LogP contribution is -2.21. The van der Waals surface area contributed by atoms with E-state index in [0.29, 0.717) is 17.0 Å². The van der Waals surface area contributed by atoms with Crippen LogP contribution in [0.15, 0.2) is 42.5 Å². The Labute approximate surface area is 146 Å². The maximum atomic E-state index is 12.9. The van der Waals surface area contributed by atoms with Crippen molar-refractivity contribution in [3.05, 3.63) is 59.4 Å². The number of benzene rings is 2. The van der Waals surface area contributed by atoms with Crippen molar-refractivity contribution in [3.8, 4) is 5.75 Å². The summed E-state index contributed by atoms with van der Waals surface area (Å²) in [6, 6.07) is 10.9. The first-order valence-electron chi connectivity index (χ1n) is 8.59. The highest BCUT2D eigenvalue weighted by molar-refractivity contribution is 5.90. The molecule has 0 atom stereocenters. The Morgan fingerprint density at radius 3 is 2.52 bits per heavy atom. The van der Waals surface area contributed by atoms with Gasteiger partial charge in [0.25, 0.3) is 0 Å². The highest BCUT2D eigenvalue weighted by Gasteiger charge is 2.19. The summed E-state index contributed by atoms with van der Waals surface area (Å²) in [7, 11) is 0. The molecule has 0 bridgehead atoms. The lowest BCUT2D eigenvalue weighted by atomic mass is 9.98. The van der Waals surface area contributed by atoms with Crippen molar-refractivity contribution in [3.63, 3.8) is 0 Å². The van der Waals surface area contributed by atoms with Crippen molar-refractivity contribution >= 4 is 11.7 Å². The minimum atomic E-state index is -0.349. The molecule has 132 valence electrons. The molecular weight excluding hydrogens is 321 g/mol. The van der Waals surface area contributed by atoms with Gasteiger partial charge >= 0.3 is 5.97 Å². The van der Waals surface area contributed by atoms with E-state index in [1.165, 1.54) is 18.6 Å². The molecule has 1 aliphatic carbocycles. The van der Waals surface area contributed by atoms with Gasteiger partial charge < -0.3 is 15.2 Å². The number of carbonyl (C=O) groups excluding carboxylic acids is 1. The maximum absolute atomic E-state index is 12.9. The third kappa shape index (κ3) is 4.72. The molecule has 0 spiro atoms. The van der Waals surface area contributed by atoms with Gasteiger partial charge in [-0.15, -0.1) is 0 Å². The largest absolute Gasteiger partial charge is 0.487 e. The molecule has 1 aliphatic rings. The normalized spacial score (nSPS) is 14.9.